The van der Waals surface area contributed by atoms with Gasteiger partial charge >= 0.3 is 0 Å². The van der Waals surface area contributed by atoms with Crippen LogP contribution in [0.1, 0.15) is 46.0 Å². The maximum absolute atomic E-state index is 3.46. The minimum atomic E-state index is 0.852. The van der Waals surface area contributed by atoms with Crippen molar-refractivity contribution in [2.24, 2.45) is 41.4 Å². The predicted molar refractivity (Wildman–Crippen MR) is 72.8 cm³/mol. The van der Waals surface area contributed by atoms with Crippen LogP contribution in [0.25, 0.3) is 0 Å². The average molecular weight is 235 g/mol. The van der Waals surface area contributed by atoms with Crippen molar-refractivity contribution in [1.29, 1.82) is 0 Å². The van der Waals surface area contributed by atoms with Gasteiger partial charge in [-0.1, -0.05) is 13.8 Å². The highest BCUT2D eigenvalue weighted by Gasteiger charge is 2.50. The Hall–Kier alpha value is -0.0400. The van der Waals surface area contributed by atoms with E-state index < -0.39 is 0 Å². The molecule has 1 heteroatoms. The summed E-state index contributed by atoms with van der Waals surface area (Å²) in [7, 11) is 2.13. The van der Waals surface area contributed by atoms with Gasteiger partial charge in [0.1, 0.15) is 0 Å². The van der Waals surface area contributed by atoms with E-state index in [4.69, 9.17) is 0 Å². The van der Waals surface area contributed by atoms with Crippen LogP contribution in [-0.2, 0) is 0 Å². The zero-order valence-electron chi connectivity index (χ0n) is 11.8. The molecular weight excluding hydrogens is 206 g/mol. The number of hydrogen-bond acceptors (Lipinski definition) is 1. The minimum Gasteiger partial charge on any atom is -0.319 e. The van der Waals surface area contributed by atoms with E-state index >= 15 is 0 Å². The van der Waals surface area contributed by atoms with E-state index in [1.54, 1.807) is 32.1 Å². The zero-order valence-corrected chi connectivity index (χ0v) is 11.8. The first-order valence-electron chi connectivity index (χ1n) is 7.83. The van der Waals surface area contributed by atoms with E-state index in [0.717, 1.165) is 41.4 Å². The Kier molecular flexibility index (Phi) is 3.23. The number of nitrogens with one attached hydrogen (secondary N) is 1. The van der Waals surface area contributed by atoms with E-state index in [0.29, 0.717) is 0 Å². The summed E-state index contributed by atoms with van der Waals surface area (Å²) in [5, 5.41) is 3.46. The van der Waals surface area contributed by atoms with E-state index in [-0.39, 0.29) is 0 Å². The van der Waals surface area contributed by atoms with Gasteiger partial charge in [-0.25, -0.2) is 0 Å². The molecule has 1 atom stereocenters. The van der Waals surface area contributed by atoms with Gasteiger partial charge in [0.05, 0.1) is 0 Å². The first kappa shape index (κ1) is 12.0. The molecule has 0 saturated heterocycles. The summed E-state index contributed by atoms with van der Waals surface area (Å²) in [5.41, 5.74) is 0. The highest BCUT2D eigenvalue weighted by molar-refractivity contribution is 5.00. The highest BCUT2D eigenvalue weighted by Crippen LogP contribution is 2.59. The topological polar surface area (TPSA) is 12.0 Å². The maximum atomic E-state index is 3.46. The molecule has 1 N–H and O–H groups in total. The first-order chi connectivity index (χ1) is 8.19. The molecule has 4 fully saturated rings. The number of hydrogen-bond donors (Lipinski definition) is 1. The molecule has 0 radical (unpaired) electrons. The van der Waals surface area contributed by atoms with Gasteiger partial charge in [0, 0.05) is 0 Å². The third-order valence-electron chi connectivity index (χ3n) is 6.09. The molecule has 4 bridgehead atoms. The van der Waals surface area contributed by atoms with Gasteiger partial charge in [0.2, 0.25) is 0 Å². The van der Waals surface area contributed by atoms with Crippen molar-refractivity contribution in [3.05, 3.63) is 0 Å². The summed E-state index contributed by atoms with van der Waals surface area (Å²) < 4.78 is 0. The molecule has 0 aliphatic heterocycles. The molecular formula is C16H29N. The molecule has 4 aliphatic rings. The molecule has 0 heterocycles. The fourth-order valence-corrected chi connectivity index (χ4v) is 5.72. The fraction of sp³-hybridized carbons (Fsp3) is 1.00. The van der Waals surface area contributed by atoms with Gasteiger partial charge in [-0.15, -0.1) is 0 Å². The SMILES string of the molecule is CNCC(C(C)C)C1C2CC3CC(C2)CC1C3. The molecule has 0 amide bonds. The van der Waals surface area contributed by atoms with Crippen LogP contribution in [0.2, 0.25) is 0 Å². The van der Waals surface area contributed by atoms with Crippen LogP contribution in [0.5, 0.6) is 0 Å². The Bertz CT molecular complexity index is 243. The lowest BCUT2D eigenvalue weighted by Gasteiger charge is -2.57. The number of rotatable bonds is 4. The van der Waals surface area contributed by atoms with Crippen molar-refractivity contribution in [2.75, 3.05) is 13.6 Å². The van der Waals surface area contributed by atoms with Crippen molar-refractivity contribution >= 4 is 0 Å². The van der Waals surface area contributed by atoms with Crippen molar-refractivity contribution in [1.82, 2.24) is 5.32 Å². The Balaban J connectivity index is 1.78. The Labute approximate surface area is 107 Å². The second-order valence-electron chi connectivity index (χ2n) is 7.47. The molecule has 0 aromatic rings. The lowest BCUT2D eigenvalue weighted by Crippen LogP contribution is -2.50. The Morgan fingerprint density at radius 3 is 1.88 bits per heavy atom. The largest absolute Gasteiger partial charge is 0.319 e. The Morgan fingerprint density at radius 1 is 0.941 bits per heavy atom. The summed E-state index contributed by atoms with van der Waals surface area (Å²) in [4.78, 5) is 0. The molecule has 98 valence electrons. The smallest absolute Gasteiger partial charge is 0.00182 e. The van der Waals surface area contributed by atoms with Gasteiger partial charge in [0.15, 0.2) is 0 Å². The molecule has 4 saturated carbocycles. The average Bonchev–Trinajstić information content (AvgIpc) is 2.26. The molecule has 0 aromatic carbocycles. The summed E-state index contributed by atoms with van der Waals surface area (Å²) in [5.74, 6) is 7.25. The van der Waals surface area contributed by atoms with Gasteiger partial charge in [0.25, 0.3) is 0 Å². The molecule has 1 unspecified atom stereocenters. The molecule has 0 aromatic heterocycles. The summed E-state index contributed by atoms with van der Waals surface area (Å²) in [6.45, 7) is 6.12. The van der Waals surface area contributed by atoms with Crippen LogP contribution in [-0.4, -0.2) is 13.6 Å². The van der Waals surface area contributed by atoms with Crippen molar-refractivity contribution in [3.8, 4) is 0 Å². The van der Waals surface area contributed by atoms with Crippen molar-refractivity contribution in [2.45, 2.75) is 46.0 Å². The van der Waals surface area contributed by atoms with Gasteiger partial charge in [-0.05, 0) is 87.1 Å². The van der Waals surface area contributed by atoms with E-state index in [1.807, 2.05) is 0 Å². The van der Waals surface area contributed by atoms with Crippen molar-refractivity contribution in [3.63, 3.8) is 0 Å². The van der Waals surface area contributed by atoms with Crippen molar-refractivity contribution < 1.29 is 0 Å². The van der Waals surface area contributed by atoms with Crippen LogP contribution in [0.3, 0.4) is 0 Å². The van der Waals surface area contributed by atoms with Crippen LogP contribution in [0.15, 0.2) is 0 Å². The standard InChI is InChI=1S/C16H29N/c1-10(2)15(9-17-3)16-13-5-11-4-12(7-13)8-14(16)6-11/h10-17H,4-9H2,1-3H3. The molecule has 1 nitrogen and oxygen atoms in total. The van der Waals surface area contributed by atoms with E-state index in [9.17, 15) is 0 Å². The third kappa shape index (κ3) is 2.05. The minimum absolute atomic E-state index is 0.852. The van der Waals surface area contributed by atoms with Crippen LogP contribution in [0, 0.1) is 41.4 Å². The van der Waals surface area contributed by atoms with E-state index in [2.05, 4.69) is 26.2 Å². The Morgan fingerprint density at radius 2 is 1.47 bits per heavy atom. The zero-order chi connectivity index (χ0) is 12.0. The highest BCUT2D eigenvalue weighted by atomic mass is 14.8. The second kappa shape index (κ2) is 4.57. The van der Waals surface area contributed by atoms with Gasteiger partial charge in [-0.3, -0.25) is 0 Å². The third-order valence-corrected chi connectivity index (χ3v) is 6.09. The van der Waals surface area contributed by atoms with E-state index in [1.165, 1.54) is 6.54 Å². The second-order valence-corrected chi connectivity index (χ2v) is 7.47. The fourth-order valence-electron chi connectivity index (χ4n) is 5.72. The summed E-state index contributed by atoms with van der Waals surface area (Å²) in [6, 6.07) is 0. The molecule has 4 aliphatic carbocycles. The summed E-state index contributed by atoms with van der Waals surface area (Å²) >= 11 is 0. The molecule has 17 heavy (non-hydrogen) atoms. The predicted octanol–water partition coefficient (Wildman–Crippen LogP) is 3.55. The van der Waals surface area contributed by atoms with Crippen LogP contribution in [0.4, 0.5) is 0 Å². The van der Waals surface area contributed by atoms with Gasteiger partial charge in [-0.2, -0.15) is 0 Å². The summed E-state index contributed by atoms with van der Waals surface area (Å²) in [6.07, 6.45) is 7.88. The van der Waals surface area contributed by atoms with Crippen LogP contribution < -0.4 is 5.32 Å². The van der Waals surface area contributed by atoms with Gasteiger partial charge < -0.3 is 5.32 Å². The molecule has 0 spiro atoms. The quantitative estimate of drug-likeness (QED) is 0.786. The first-order valence-corrected chi connectivity index (χ1v) is 7.83. The molecule has 4 rings (SSSR count). The normalized spacial score (nSPS) is 45.5. The lowest BCUT2D eigenvalue weighted by atomic mass is 9.49. The van der Waals surface area contributed by atoms with Crippen LogP contribution >= 0.6 is 0 Å². The maximum Gasteiger partial charge on any atom is -0.00182 e. The lowest BCUT2D eigenvalue weighted by molar-refractivity contribution is -0.0694. The monoisotopic (exact) mass is 235 g/mol.